The molecule has 0 saturated heterocycles. The fourth-order valence-corrected chi connectivity index (χ4v) is 2.60. The molecular formula is C15H22N2O. The molecule has 1 aromatic rings. The smallest absolute Gasteiger partial charge is 0.220 e. The van der Waals surface area contributed by atoms with E-state index in [1.54, 1.807) is 6.20 Å². The van der Waals surface area contributed by atoms with Gasteiger partial charge in [-0.25, -0.2) is 0 Å². The Balaban J connectivity index is 1.80. The lowest BCUT2D eigenvalue weighted by Gasteiger charge is -2.23. The Labute approximate surface area is 109 Å². The molecule has 3 heteroatoms. The zero-order chi connectivity index (χ0) is 12.8. The van der Waals surface area contributed by atoms with Crippen LogP contribution in [0.5, 0.6) is 0 Å². The molecule has 98 valence electrons. The molecule has 1 aliphatic rings. The van der Waals surface area contributed by atoms with Crippen LogP contribution in [0.3, 0.4) is 0 Å². The van der Waals surface area contributed by atoms with E-state index in [-0.39, 0.29) is 11.8 Å². The molecule has 1 heterocycles. The van der Waals surface area contributed by atoms with Crippen molar-refractivity contribution >= 4 is 5.91 Å². The van der Waals surface area contributed by atoms with E-state index in [0.717, 1.165) is 18.4 Å². The topological polar surface area (TPSA) is 42.0 Å². The zero-order valence-corrected chi connectivity index (χ0v) is 11.1. The Morgan fingerprint density at radius 2 is 2.22 bits per heavy atom. The van der Waals surface area contributed by atoms with Crippen molar-refractivity contribution < 1.29 is 4.79 Å². The Morgan fingerprint density at radius 1 is 1.44 bits per heavy atom. The van der Waals surface area contributed by atoms with Gasteiger partial charge >= 0.3 is 0 Å². The quantitative estimate of drug-likeness (QED) is 0.887. The molecule has 2 rings (SSSR count). The van der Waals surface area contributed by atoms with Gasteiger partial charge in [0.25, 0.3) is 0 Å². The van der Waals surface area contributed by atoms with E-state index in [4.69, 9.17) is 0 Å². The van der Waals surface area contributed by atoms with Crippen LogP contribution in [0.4, 0.5) is 0 Å². The normalized spacial score (nSPS) is 18.3. The minimum atomic E-state index is 0.179. The molecule has 3 nitrogen and oxygen atoms in total. The molecule has 1 aliphatic carbocycles. The summed E-state index contributed by atoms with van der Waals surface area (Å²) in [5.74, 6) is 0.417. The van der Waals surface area contributed by atoms with E-state index in [0.29, 0.717) is 12.5 Å². The van der Waals surface area contributed by atoms with Crippen molar-refractivity contribution in [3.63, 3.8) is 0 Å². The molecule has 1 N–H and O–H groups in total. The predicted molar refractivity (Wildman–Crippen MR) is 72.3 cm³/mol. The van der Waals surface area contributed by atoms with Gasteiger partial charge in [-0.2, -0.15) is 0 Å². The first-order valence-corrected chi connectivity index (χ1v) is 6.95. The van der Waals surface area contributed by atoms with Gasteiger partial charge in [0.05, 0.1) is 0 Å². The average molecular weight is 246 g/mol. The van der Waals surface area contributed by atoms with E-state index < -0.39 is 0 Å². The highest BCUT2D eigenvalue weighted by Crippen LogP contribution is 2.20. The Kier molecular flexibility index (Phi) is 4.73. The highest BCUT2D eigenvalue weighted by molar-refractivity contribution is 5.77. The van der Waals surface area contributed by atoms with Gasteiger partial charge in [-0.15, -0.1) is 0 Å². The van der Waals surface area contributed by atoms with Crippen molar-refractivity contribution in [1.82, 2.24) is 10.3 Å². The highest BCUT2D eigenvalue weighted by atomic mass is 16.1. The van der Waals surface area contributed by atoms with Gasteiger partial charge in [-0.3, -0.25) is 9.78 Å². The molecule has 18 heavy (non-hydrogen) atoms. The summed E-state index contributed by atoms with van der Waals surface area (Å²) in [6.07, 6.45) is 10.3. The third-order valence-electron chi connectivity index (χ3n) is 3.72. The van der Waals surface area contributed by atoms with Crippen molar-refractivity contribution in [1.29, 1.82) is 0 Å². The van der Waals surface area contributed by atoms with Crippen molar-refractivity contribution in [2.75, 3.05) is 0 Å². The van der Waals surface area contributed by atoms with Gasteiger partial charge in [-0.1, -0.05) is 32.3 Å². The van der Waals surface area contributed by atoms with Crippen LogP contribution in [0.15, 0.2) is 24.5 Å². The number of hydrogen-bond acceptors (Lipinski definition) is 2. The van der Waals surface area contributed by atoms with Crippen molar-refractivity contribution in [3.8, 4) is 0 Å². The highest BCUT2D eigenvalue weighted by Gasteiger charge is 2.17. The van der Waals surface area contributed by atoms with E-state index in [1.165, 1.54) is 19.3 Å². The molecule has 0 bridgehead atoms. The van der Waals surface area contributed by atoms with Crippen LogP contribution in [-0.2, 0) is 4.79 Å². The predicted octanol–water partition coefficient (Wildman–Crippen LogP) is 3.02. The second-order valence-corrected chi connectivity index (χ2v) is 5.29. The number of rotatable bonds is 4. The molecule has 0 aromatic carbocycles. The number of aromatic nitrogens is 1. The summed E-state index contributed by atoms with van der Waals surface area (Å²) in [5.41, 5.74) is 1.14. The lowest BCUT2D eigenvalue weighted by Crippen LogP contribution is -2.36. The number of amides is 1. The molecule has 0 radical (unpaired) electrons. The molecule has 1 fully saturated rings. The first kappa shape index (κ1) is 13.1. The zero-order valence-electron chi connectivity index (χ0n) is 11.1. The minimum absolute atomic E-state index is 0.179. The van der Waals surface area contributed by atoms with Crippen molar-refractivity contribution in [2.24, 2.45) is 0 Å². The summed E-state index contributed by atoms with van der Waals surface area (Å²) in [7, 11) is 0. The minimum Gasteiger partial charge on any atom is -0.353 e. The van der Waals surface area contributed by atoms with Crippen LogP contribution in [0.2, 0.25) is 0 Å². The fraction of sp³-hybridized carbons (Fsp3) is 0.600. The van der Waals surface area contributed by atoms with Crippen LogP contribution < -0.4 is 5.32 Å². The van der Waals surface area contributed by atoms with Gasteiger partial charge in [0.2, 0.25) is 5.91 Å². The van der Waals surface area contributed by atoms with E-state index >= 15 is 0 Å². The SMILES string of the molecule is CC(CC(=O)NC1CCCCC1)c1cccnc1. The van der Waals surface area contributed by atoms with Crippen molar-refractivity contribution in [3.05, 3.63) is 30.1 Å². The Hall–Kier alpha value is -1.38. The summed E-state index contributed by atoms with van der Waals surface area (Å²) in [5, 5.41) is 3.16. The van der Waals surface area contributed by atoms with Crippen LogP contribution in [-0.4, -0.2) is 16.9 Å². The second kappa shape index (κ2) is 6.53. The molecule has 0 aliphatic heterocycles. The van der Waals surface area contributed by atoms with E-state index in [2.05, 4.69) is 17.2 Å². The third-order valence-corrected chi connectivity index (χ3v) is 3.72. The van der Waals surface area contributed by atoms with Crippen LogP contribution in [0, 0.1) is 0 Å². The summed E-state index contributed by atoms with van der Waals surface area (Å²) in [4.78, 5) is 16.1. The summed E-state index contributed by atoms with van der Waals surface area (Å²) in [6, 6.07) is 4.36. The number of nitrogens with zero attached hydrogens (tertiary/aromatic N) is 1. The number of carbonyl (C=O) groups excluding carboxylic acids is 1. The van der Waals surface area contributed by atoms with Gasteiger partial charge in [0.1, 0.15) is 0 Å². The number of nitrogens with one attached hydrogen (secondary N) is 1. The monoisotopic (exact) mass is 246 g/mol. The molecule has 1 aromatic heterocycles. The van der Waals surface area contributed by atoms with Crippen LogP contribution >= 0.6 is 0 Å². The molecule has 1 amide bonds. The Morgan fingerprint density at radius 3 is 2.89 bits per heavy atom. The van der Waals surface area contributed by atoms with Crippen LogP contribution in [0.1, 0.15) is 56.9 Å². The maximum atomic E-state index is 12.0. The molecule has 1 unspecified atom stereocenters. The lowest BCUT2D eigenvalue weighted by molar-refractivity contribution is -0.122. The number of carbonyl (C=O) groups is 1. The van der Waals surface area contributed by atoms with Crippen molar-refractivity contribution in [2.45, 2.75) is 57.4 Å². The summed E-state index contributed by atoms with van der Waals surface area (Å²) < 4.78 is 0. The number of pyridine rings is 1. The largest absolute Gasteiger partial charge is 0.353 e. The van der Waals surface area contributed by atoms with Gasteiger partial charge in [0.15, 0.2) is 0 Å². The lowest BCUT2D eigenvalue weighted by atomic mass is 9.94. The maximum Gasteiger partial charge on any atom is 0.220 e. The van der Waals surface area contributed by atoms with Crippen LogP contribution in [0.25, 0.3) is 0 Å². The molecule has 1 saturated carbocycles. The fourth-order valence-electron chi connectivity index (χ4n) is 2.60. The Bertz CT molecular complexity index is 371. The van der Waals surface area contributed by atoms with E-state index in [1.807, 2.05) is 18.3 Å². The van der Waals surface area contributed by atoms with Gasteiger partial charge in [-0.05, 0) is 30.4 Å². The summed E-state index contributed by atoms with van der Waals surface area (Å²) in [6.45, 7) is 2.08. The van der Waals surface area contributed by atoms with Gasteiger partial charge in [0, 0.05) is 24.9 Å². The first-order valence-electron chi connectivity index (χ1n) is 6.95. The molecule has 1 atom stereocenters. The third kappa shape index (κ3) is 3.83. The number of hydrogen-bond donors (Lipinski definition) is 1. The molecule has 0 spiro atoms. The maximum absolute atomic E-state index is 12.0. The second-order valence-electron chi connectivity index (χ2n) is 5.29. The standard InChI is InChI=1S/C15H22N2O/c1-12(13-6-5-9-16-11-13)10-15(18)17-14-7-3-2-4-8-14/h5-6,9,11-12,14H,2-4,7-8,10H2,1H3,(H,17,18). The molecular weight excluding hydrogens is 224 g/mol. The first-order chi connectivity index (χ1) is 8.75. The van der Waals surface area contributed by atoms with E-state index in [9.17, 15) is 4.79 Å². The van der Waals surface area contributed by atoms with Gasteiger partial charge < -0.3 is 5.32 Å². The average Bonchev–Trinajstić information content (AvgIpc) is 2.40. The summed E-state index contributed by atoms with van der Waals surface area (Å²) >= 11 is 0.